The van der Waals surface area contributed by atoms with Crippen LogP contribution >= 0.6 is 0 Å². The van der Waals surface area contributed by atoms with E-state index in [1.165, 1.54) is 0 Å². The van der Waals surface area contributed by atoms with E-state index in [9.17, 15) is 43.5 Å². The standard InChI is InChI=1S/C54H97N3O17/c1-4-7-38-56-73-53(65)36-27-19-11-16-24-33-50(62)70-43-45(71-51(63)34-25-17-12-20-28-37-54(66)74-57-39-8-5-2)42-69-49(61)32-23-14-9-13-21-30-47(59)67-40-44(58)41-68-48(60)31-22-15-10-18-26-35-52(64)72-46(55)29-6-3/h44-46,56-58H,4-43,55H2,1-3H3. The number of carbonyl (C=O) groups excluding carboxylic acids is 8. The molecule has 5 N–H and O–H groups in total. The molecule has 0 spiro atoms. The molecule has 0 saturated heterocycles. The Morgan fingerprint density at radius 1 is 0.365 bits per heavy atom. The molecule has 0 saturated carbocycles. The summed E-state index contributed by atoms with van der Waals surface area (Å²) < 4.78 is 31.8. The van der Waals surface area contributed by atoms with Gasteiger partial charge in [0, 0.05) is 64.5 Å². The van der Waals surface area contributed by atoms with Crippen molar-refractivity contribution in [2.45, 2.75) is 258 Å². The van der Waals surface area contributed by atoms with Gasteiger partial charge in [0.05, 0.1) is 0 Å². The normalized spacial score (nSPS) is 12.2. The molecule has 20 heteroatoms. The monoisotopic (exact) mass is 1060 g/mol. The zero-order valence-corrected chi connectivity index (χ0v) is 45.6. The highest BCUT2D eigenvalue weighted by Gasteiger charge is 2.20. The summed E-state index contributed by atoms with van der Waals surface area (Å²) in [6.45, 7) is 6.24. The van der Waals surface area contributed by atoms with Crippen LogP contribution in [0.3, 0.4) is 0 Å². The van der Waals surface area contributed by atoms with Gasteiger partial charge in [-0.2, -0.15) is 11.0 Å². The fraction of sp³-hybridized carbons (Fsp3) is 0.852. The number of aliphatic hydroxyl groups excluding tert-OH is 1. The van der Waals surface area contributed by atoms with Crippen molar-refractivity contribution >= 4 is 47.8 Å². The minimum absolute atomic E-state index is 0.129. The number of carbonyl (C=O) groups is 8. The van der Waals surface area contributed by atoms with Crippen LogP contribution in [0.4, 0.5) is 0 Å². The van der Waals surface area contributed by atoms with Gasteiger partial charge in [-0.05, 0) is 70.6 Å². The number of unbranched alkanes of at least 4 members (excludes halogenated alkanes) is 18. The van der Waals surface area contributed by atoms with Crippen LogP contribution in [0.1, 0.15) is 239 Å². The van der Waals surface area contributed by atoms with Crippen LogP contribution in [0, 0.1) is 0 Å². The summed E-state index contributed by atoms with van der Waals surface area (Å²) in [4.78, 5) is 108. The third-order valence-electron chi connectivity index (χ3n) is 11.6. The molecular weight excluding hydrogens is 963 g/mol. The third kappa shape index (κ3) is 48.5. The summed E-state index contributed by atoms with van der Waals surface area (Å²) in [6.07, 6.45) is 18.9. The highest BCUT2D eigenvalue weighted by Crippen LogP contribution is 2.14. The molecule has 0 aliphatic rings. The van der Waals surface area contributed by atoms with E-state index in [-0.39, 0.29) is 76.4 Å². The lowest BCUT2D eigenvalue weighted by molar-refractivity contribution is -0.167. The third-order valence-corrected chi connectivity index (χ3v) is 11.6. The van der Waals surface area contributed by atoms with Gasteiger partial charge in [-0.25, -0.2) is 0 Å². The Morgan fingerprint density at radius 2 is 0.649 bits per heavy atom. The molecule has 0 aliphatic heterocycles. The first kappa shape index (κ1) is 69.6. The summed E-state index contributed by atoms with van der Waals surface area (Å²) in [7, 11) is 0. The van der Waals surface area contributed by atoms with Crippen LogP contribution in [-0.4, -0.2) is 111 Å². The van der Waals surface area contributed by atoms with E-state index in [1.807, 2.05) is 6.92 Å². The molecule has 20 nitrogen and oxygen atoms in total. The summed E-state index contributed by atoms with van der Waals surface area (Å²) >= 11 is 0. The van der Waals surface area contributed by atoms with Crippen molar-refractivity contribution in [3.63, 3.8) is 0 Å². The van der Waals surface area contributed by atoms with Crippen molar-refractivity contribution in [3.8, 4) is 0 Å². The maximum absolute atomic E-state index is 12.8. The van der Waals surface area contributed by atoms with Crippen LogP contribution in [0.15, 0.2) is 0 Å². The maximum Gasteiger partial charge on any atom is 0.324 e. The van der Waals surface area contributed by atoms with Crippen molar-refractivity contribution in [2.75, 3.05) is 39.5 Å². The predicted octanol–water partition coefficient (Wildman–Crippen LogP) is 8.68. The first-order valence-corrected chi connectivity index (χ1v) is 28.1. The van der Waals surface area contributed by atoms with Crippen molar-refractivity contribution in [1.29, 1.82) is 0 Å². The number of hydrogen-bond acceptors (Lipinski definition) is 20. The molecule has 3 atom stereocenters. The SMILES string of the molecule is CCCCNOC(=O)CCCCCCCC(=O)OCC(COC(=O)CCCCCCCC(=O)OCC(O)COC(=O)CCCCCCCC(=O)OC(N)CCC)OC(=O)CCCCCCCC(=O)ONCCCC. The minimum Gasteiger partial charge on any atom is -0.463 e. The summed E-state index contributed by atoms with van der Waals surface area (Å²) in [5, 5.41) is 10.1. The molecule has 0 radical (unpaired) electrons. The second-order valence-corrected chi connectivity index (χ2v) is 18.8. The number of esters is 6. The number of ether oxygens (including phenoxy) is 6. The average molecular weight is 1060 g/mol. The topological polar surface area (TPSA) is 281 Å². The van der Waals surface area contributed by atoms with E-state index in [4.69, 9.17) is 43.8 Å². The van der Waals surface area contributed by atoms with Crippen LogP contribution < -0.4 is 16.7 Å². The molecule has 0 rings (SSSR count). The highest BCUT2D eigenvalue weighted by atomic mass is 16.7. The lowest BCUT2D eigenvalue weighted by Gasteiger charge is -2.18. The lowest BCUT2D eigenvalue weighted by atomic mass is 10.1. The molecule has 430 valence electrons. The Kier molecular flexibility index (Phi) is 47.7. The molecule has 0 aromatic carbocycles. The molecule has 74 heavy (non-hydrogen) atoms. The van der Waals surface area contributed by atoms with E-state index in [0.29, 0.717) is 103 Å². The summed E-state index contributed by atoms with van der Waals surface area (Å²) in [5.41, 5.74) is 11.1. The number of hydrogen-bond donors (Lipinski definition) is 4. The fourth-order valence-electron chi connectivity index (χ4n) is 7.16. The zero-order chi connectivity index (χ0) is 54.7. The number of rotatable bonds is 52. The second-order valence-electron chi connectivity index (χ2n) is 18.8. The zero-order valence-electron chi connectivity index (χ0n) is 45.6. The van der Waals surface area contributed by atoms with Crippen LogP contribution in [0.5, 0.6) is 0 Å². The summed E-state index contributed by atoms with van der Waals surface area (Å²) in [6, 6.07) is 0. The molecular formula is C54H97N3O17. The Labute approximate surface area is 441 Å². The van der Waals surface area contributed by atoms with Crippen molar-refractivity contribution in [2.24, 2.45) is 5.73 Å². The van der Waals surface area contributed by atoms with Crippen LogP contribution in [0.25, 0.3) is 0 Å². The van der Waals surface area contributed by atoms with Gasteiger partial charge in [0.2, 0.25) is 0 Å². The van der Waals surface area contributed by atoms with Gasteiger partial charge in [-0.1, -0.05) is 117 Å². The maximum atomic E-state index is 12.8. The molecule has 0 aliphatic carbocycles. The number of aliphatic hydroxyl groups is 1. The molecule has 0 fully saturated rings. The molecule has 0 bridgehead atoms. The Balaban J connectivity index is 4.43. The average Bonchev–Trinajstić information content (AvgIpc) is 3.37. The highest BCUT2D eigenvalue weighted by molar-refractivity contribution is 5.72. The first-order valence-electron chi connectivity index (χ1n) is 28.1. The van der Waals surface area contributed by atoms with Gasteiger partial charge >= 0.3 is 47.8 Å². The van der Waals surface area contributed by atoms with E-state index in [1.54, 1.807) is 0 Å². The van der Waals surface area contributed by atoms with Gasteiger partial charge < -0.3 is 43.2 Å². The van der Waals surface area contributed by atoms with Gasteiger partial charge in [0.15, 0.2) is 12.3 Å². The van der Waals surface area contributed by atoms with E-state index < -0.39 is 48.3 Å². The predicted molar refractivity (Wildman–Crippen MR) is 276 cm³/mol. The van der Waals surface area contributed by atoms with Gasteiger partial charge in [-0.3, -0.25) is 44.1 Å². The van der Waals surface area contributed by atoms with E-state index in [2.05, 4.69) is 24.8 Å². The Bertz CT molecular complexity index is 1490. The van der Waals surface area contributed by atoms with Crippen molar-refractivity contribution < 1.29 is 81.6 Å². The van der Waals surface area contributed by atoms with E-state index in [0.717, 1.165) is 96.3 Å². The second kappa shape index (κ2) is 50.7. The van der Waals surface area contributed by atoms with Gasteiger partial charge in [0.1, 0.15) is 32.5 Å². The van der Waals surface area contributed by atoms with E-state index >= 15 is 0 Å². The summed E-state index contributed by atoms with van der Waals surface area (Å²) in [5.74, 6) is -3.23. The minimum atomic E-state index is -1.14. The number of nitrogens with one attached hydrogen (secondary N) is 2. The van der Waals surface area contributed by atoms with Crippen LogP contribution in [0.2, 0.25) is 0 Å². The first-order chi connectivity index (χ1) is 35.8. The Morgan fingerprint density at radius 3 is 0.973 bits per heavy atom. The molecule has 0 aromatic heterocycles. The van der Waals surface area contributed by atoms with Crippen LogP contribution in [-0.2, 0) is 76.5 Å². The smallest absolute Gasteiger partial charge is 0.324 e. The fourth-order valence-corrected chi connectivity index (χ4v) is 7.16. The number of nitrogens with two attached hydrogens (primary N) is 1. The lowest BCUT2D eigenvalue weighted by Crippen LogP contribution is -2.30. The number of hydroxylamine groups is 2. The quantitative estimate of drug-likeness (QED) is 0.0146. The van der Waals surface area contributed by atoms with Crippen molar-refractivity contribution in [1.82, 2.24) is 11.0 Å². The molecule has 0 aromatic rings. The molecule has 3 unspecified atom stereocenters. The molecule has 0 heterocycles. The Hall–Kier alpha value is -4.40. The molecule has 0 amide bonds. The van der Waals surface area contributed by atoms with Crippen molar-refractivity contribution in [3.05, 3.63) is 0 Å². The largest absolute Gasteiger partial charge is 0.463 e. The van der Waals surface area contributed by atoms with Gasteiger partial charge in [0.25, 0.3) is 0 Å². The van der Waals surface area contributed by atoms with Gasteiger partial charge in [-0.15, -0.1) is 0 Å².